The summed E-state index contributed by atoms with van der Waals surface area (Å²) in [6.45, 7) is 7.65. The number of nitrogens with one attached hydrogen (secondary N) is 1. The maximum atomic E-state index is 3.16. The lowest BCUT2D eigenvalue weighted by Crippen LogP contribution is -2.36. The molecule has 0 saturated carbocycles. The smallest absolute Gasteiger partial charge is 0.0477 e. The average Bonchev–Trinajstić information content (AvgIpc) is 2.11. The third-order valence-electron chi connectivity index (χ3n) is 1.83. The molecular weight excluding hydrogens is 136 g/mol. The second-order valence-electron chi connectivity index (χ2n) is 2.69. The van der Waals surface area contributed by atoms with Gasteiger partial charge in [-0.25, -0.2) is 0 Å². The lowest BCUT2D eigenvalue weighted by atomic mass is 10.1. The molecule has 2 heteroatoms. The van der Waals surface area contributed by atoms with Crippen molar-refractivity contribution in [1.82, 2.24) is 10.2 Å². The zero-order chi connectivity index (χ0) is 8.53. The minimum absolute atomic E-state index is 1.07. The second kappa shape index (κ2) is 8.02. The van der Waals surface area contributed by atoms with Gasteiger partial charge in [-0.15, -0.1) is 0 Å². The number of piperidine rings is 1. The third-order valence-corrected chi connectivity index (χ3v) is 1.83. The van der Waals surface area contributed by atoms with Crippen LogP contribution in [-0.2, 0) is 0 Å². The predicted molar refractivity (Wildman–Crippen MR) is 50.7 cm³/mol. The molecule has 1 aliphatic rings. The molecule has 0 aliphatic carbocycles. The van der Waals surface area contributed by atoms with Crippen LogP contribution in [0.3, 0.4) is 0 Å². The van der Waals surface area contributed by atoms with Gasteiger partial charge >= 0.3 is 0 Å². The van der Waals surface area contributed by atoms with Gasteiger partial charge < -0.3 is 5.32 Å². The predicted octanol–water partition coefficient (Wildman–Crippen LogP) is 1.68. The van der Waals surface area contributed by atoms with E-state index in [-0.39, 0.29) is 0 Å². The van der Waals surface area contributed by atoms with Gasteiger partial charge in [-0.05, 0) is 33.0 Å². The van der Waals surface area contributed by atoms with E-state index < -0.39 is 0 Å². The number of nitrogens with zero attached hydrogens (tertiary/aromatic N) is 1. The minimum Gasteiger partial charge on any atom is -0.307 e. The Hall–Kier alpha value is -0.0800. The molecule has 0 bridgehead atoms. The summed E-state index contributed by atoms with van der Waals surface area (Å²) in [6, 6.07) is 0. The van der Waals surface area contributed by atoms with Gasteiger partial charge in [0.05, 0.1) is 0 Å². The molecule has 0 unspecified atom stereocenters. The second-order valence-corrected chi connectivity index (χ2v) is 2.69. The number of likely N-dealkylation sites (tertiary alicyclic amines) is 1. The molecule has 1 fully saturated rings. The van der Waals surface area contributed by atoms with Crippen LogP contribution >= 0.6 is 0 Å². The van der Waals surface area contributed by atoms with Crippen molar-refractivity contribution in [3.05, 3.63) is 0 Å². The summed E-state index contributed by atoms with van der Waals surface area (Å²) in [7, 11) is 2.01. The number of hydrogen-bond acceptors (Lipinski definition) is 2. The molecule has 68 valence electrons. The normalized spacial score (nSPS) is 18.8. The monoisotopic (exact) mass is 158 g/mol. The van der Waals surface area contributed by atoms with E-state index >= 15 is 0 Å². The Kier molecular flexibility index (Phi) is 7.96. The Labute approximate surface area is 71.0 Å². The minimum atomic E-state index is 1.07. The van der Waals surface area contributed by atoms with Crippen molar-refractivity contribution in [2.45, 2.75) is 33.1 Å². The van der Waals surface area contributed by atoms with Gasteiger partial charge in [0, 0.05) is 6.67 Å². The highest BCUT2D eigenvalue weighted by molar-refractivity contribution is 4.61. The Morgan fingerprint density at radius 2 is 1.64 bits per heavy atom. The highest BCUT2D eigenvalue weighted by Crippen LogP contribution is 2.06. The Balaban J connectivity index is 0.000000461. The lowest BCUT2D eigenvalue weighted by molar-refractivity contribution is 0.218. The van der Waals surface area contributed by atoms with Gasteiger partial charge in [0.15, 0.2) is 0 Å². The standard InChI is InChI=1S/C7H16N2.C2H6/c1-8-7-9-5-3-2-4-6-9;1-2/h8H,2-7H2,1H3;1-2H3. The van der Waals surface area contributed by atoms with Crippen molar-refractivity contribution in [3.63, 3.8) is 0 Å². The molecule has 0 amide bonds. The van der Waals surface area contributed by atoms with Crippen LogP contribution in [0.2, 0.25) is 0 Å². The van der Waals surface area contributed by atoms with E-state index in [2.05, 4.69) is 10.2 Å². The SMILES string of the molecule is CC.CNCN1CCCCC1. The van der Waals surface area contributed by atoms with Gasteiger partial charge in [0.25, 0.3) is 0 Å². The first-order chi connectivity index (χ1) is 5.43. The summed E-state index contributed by atoms with van der Waals surface area (Å²) in [5.74, 6) is 0. The van der Waals surface area contributed by atoms with E-state index in [1.54, 1.807) is 0 Å². The maximum Gasteiger partial charge on any atom is 0.0477 e. The fraction of sp³-hybridized carbons (Fsp3) is 1.00. The zero-order valence-electron chi connectivity index (χ0n) is 8.19. The van der Waals surface area contributed by atoms with Crippen LogP contribution in [0.25, 0.3) is 0 Å². The van der Waals surface area contributed by atoms with E-state index in [1.807, 2.05) is 20.9 Å². The lowest BCUT2D eigenvalue weighted by Gasteiger charge is -2.25. The van der Waals surface area contributed by atoms with E-state index in [9.17, 15) is 0 Å². The summed E-state index contributed by atoms with van der Waals surface area (Å²) < 4.78 is 0. The molecule has 0 aromatic heterocycles. The van der Waals surface area contributed by atoms with Crippen LogP contribution in [0.1, 0.15) is 33.1 Å². The molecule has 1 rings (SSSR count). The van der Waals surface area contributed by atoms with Gasteiger partial charge in [0.2, 0.25) is 0 Å². The maximum absolute atomic E-state index is 3.16. The molecule has 1 aliphatic heterocycles. The van der Waals surface area contributed by atoms with E-state index in [0.29, 0.717) is 0 Å². The molecule has 0 aromatic carbocycles. The first-order valence-electron chi connectivity index (χ1n) is 4.80. The molecule has 0 atom stereocenters. The summed E-state index contributed by atoms with van der Waals surface area (Å²) >= 11 is 0. The average molecular weight is 158 g/mol. The van der Waals surface area contributed by atoms with Crippen molar-refractivity contribution in [3.8, 4) is 0 Å². The fourth-order valence-electron chi connectivity index (χ4n) is 1.34. The summed E-state index contributed by atoms with van der Waals surface area (Å²) in [6.07, 6.45) is 4.21. The van der Waals surface area contributed by atoms with E-state index in [0.717, 1.165) is 6.67 Å². The van der Waals surface area contributed by atoms with E-state index in [4.69, 9.17) is 0 Å². The van der Waals surface area contributed by atoms with E-state index in [1.165, 1.54) is 32.4 Å². The Bertz CT molecular complexity index is 65.2. The molecule has 0 aromatic rings. The van der Waals surface area contributed by atoms with Gasteiger partial charge in [-0.2, -0.15) is 0 Å². The highest BCUT2D eigenvalue weighted by Gasteiger charge is 2.06. The van der Waals surface area contributed by atoms with Crippen LogP contribution in [-0.4, -0.2) is 31.7 Å². The van der Waals surface area contributed by atoms with Crippen LogP contribution in [0.15, 0.2) is 0 Å². The molecule has 0 spiro atoms. The molecule has 2 nitrogen and oxygen atoms in total. The van der Waals surface area contributed by atoms with Crippen LogP contribution in [0.4, 0.5) is 0 Å². The largest absolute Gasteiger partial charge is 0.307 e. The molecule has 1 N–H and O–H groups in total. The van der Waals surface area contributed by atoms with Crippen LogP contribution in [0, 0.1) is 0 Å². The van der Waals surface area contributed by atoms with Crippen molar-refractivity contribution in [2.75, 3.05) is 26.8 Å². The molecule has 1 heterocycles. The van der Waals surface area contributed by atoms with Crippen molar-refractivity contribution >= 4 is 0 Å². The molecule has 1 saturated heterocycles. The molecular formula is C9H22N2. The van der Waals surface area contributed by atoms with Crippen LogP contribution in [0.5, 0.6) is 0 Å². The Morgan fingerprint density at radius 1 is 1.09 bits per heavy atom. The third kappa shape index (κ3) is 5.22. The molecule has 0 radical (unpaired) electrons. The zero-order valence-corrected chi connectivity index (χ0v) is 8.19. The quantitative estimate of drug-likeness (QED) is 0.657. The Morgan fingerprint density at radius 3 is 2.09 bits per heavy atom. The summed E-state index contributed by atoms with van der Waals surface area (Å²) in [4.78, 5) is 2.46. The van der Waals surface area contributed by atoms with Gasteiger partial charge in [-0.3, -0.25) is 4.90 Å². The molecule has 11 heavy (non-hydrogen) atoms. The van der Waals surface area contributed by atoms with Crippen LogP contribution < -0.4 is 5.32 Å². The topological polar surface area (TPSA) is 15.3 Å². The van der Waals surface area contributed by atoms with Crippen molar-refractivity contribution < 1.29 is 0 Å². The number of hydrogen-bond donors (Lipinski definition) is 1. The summed E-state index contributed by atoms with van der Waals surface area (Å²) in [5.41, 5.74) is 0. The first kappa shape index (κ1) is 10.9. The number of rotatable bonds is 2. The van der Waals surface area contributed by atoms with Gasteiger partial charge in [-0.1, -0.05) is 20.3 Å². The fourth-order valence-corrected chi connectivity index (χ4v) is 1.34. The van der Waals surface area contributed by atoms with Gasteiger partial charge in [0.1, 0.15) is 0 Å². The summed E-state index contributed by atoms with van der Waals surface area (Å²) in [5, 5.41) is 3.16. The van der Waals surface area contributed by atoms with Crippen molar-refractivity contribution in [2.24, 2.45) is 0 Å². The first-order valence-corrected chi connectivity index (χ1v) is 4.80. The highest BCUT2D eigenvalue weighted by atomic mass is 15.2. The van der Waals surface area contributed by atoms with Crippen molar-refractivity contribution in [1.29, 1.82) is 0 Å².